The summed E-state index contributed by atoms with van der Waals surface area (Å²) in [6.07, 6.45) is 7.20. The predicted molar refractivity (Wildman–Crippen MR) is 79.5 cm³/mol. The first kappa shape index (κ1) is 13.5. The van der Waals surface area contributed by atoms with Crippen LogP contribution in [0.3, 0.4) is 0 Å². The monoisotopic (exact) mass is 271 g/mol. The van der Waals surface area contributed by atoms with E-state index >= 15 is 0 Å². The number of nitrogens with zero attached hydrogens (tertiary/aromatic N) is 1. The number of pyridine rings is 1. The van der Waals surface area contributed by atoms with Crippen molar-refractivity contribution in [1.29, 1.82) is 0 Å². The van der Waals surface area contributed by atoms with Gasteiger partial charge in [-0.25, -0.2) is 0 Å². The van der Waals surface area contributed by atoms with E-state index in [0.29, 0.717) is 19.4 Å². The van der Waals surface area contributed by atoms with Gasteiger partial charge < -0.3 is 9.84 Å². The molecule has 1 aromatic carbocycles. The second-order valence-electron chi connectivity index (χ2n) is 5.68. The summed E-state index contributed by atoms with van der Waals surface area (Å²) >= 11 is 0. The molecular weight excluding hydrogens is 250 g/mol. The molecule has 3 rings (SSSR count). The minimum absolute atomic E-state index is 0.151. The van der Waals surface area contributed by atoms with Crippen LogP contribution in [0.5, 0.6) is 0 Å². The minimum atomic E-state index is -0.814. The number of fused-ring (bicyclic) bond motifs is 1. The molecule has 1 saturated heterocycles. The summed E-state index contributed by atoms with van der Waals surface area (Å²) in [5.74, 6) is 0. The van der Waals surface area contributed by atoms with Crippen LogP contribution in [0.25, 0.3) is 10.8 Å². The summed E-state index contributed by atoms with van der Waals surface area (Å²) in [4.78, 5) is 4.30. The third kappa shape index (κ3) is 2.43. The fraction of sp³-hybridized carbons (Fsp3) is 0.471. The van der Waals surface area contributed by atoms with Crippen molar-refractivity contribution in [3.63, 3.8) is 0 Å². The van der Waals surface area contributed by atoms with Crippen LogP contribution in [-0.4, -0.2) is 22.8 Å². The average Bonchev–Trinajstić information content (AvgIpc) is 2.47. The van der Waals surface area contributed by atoms with Gasteiger partial charge in [0.2, 0.25) is 0 Å². The quantitative estimate of drug-likeness (QED) is 0.930. The molecule has 0 radical (unpaired) electrons. The van der Waals surface area contributed by atoms with Crippen molar-refractivity contribution in [2.45, 2.75) is 44.3 Å². The molecule has 2 aromatic rings. The number of hydrogen-bond acceptors (Lipinski definition) is 3. The number of aliphatic hydroxyl groups is 1. The molecule has 0 bridgehead atoms. The van der Waals surface area contributed by atoms with Crippen LogP contribution < -0.4 is 0 Å². The zero-order valence-electron chi connectivity index (χ0n) is 11.9. The minimum Gasteiger partial charge on any atom is -0.385 e. The third-order valence-electron chi connectivity index (χ3n) is 4.21. The van der Waals surface area contributed by atoms with Crippen LogP contribution in [-0.2, 0) is 10.3 Å². The Kier molecular flexibility index (Phi) is 3.72. The van der Waals surface area contributed by atoms with E-state index in [2.05, 4.69) is 18.0 Å². The lowest BCUT2D eigenvalue weighted by atomic mass is 9.81. The first-order chi connectivity index (χ1) is 9.73. The molecule has 3 heteroatoms. The van der Waals surface area contributed by atoms with Crippen molar-refractivity contribution in [3.8, 4) is 0 Å². The SMILES string of the molecule is CCCC1CC(O)(c2cncc3ccccc23)CCO1. The van der Waals surface area contributed by atoms with E-state index in [1.807, 2.05) is 30.6 Å². The molecule has 1 N–H and O–H groups in total. The van der Waals surface area contributed by atoms with E-state index in [-0.39, 0.29) is 6.10 Å². The number of aromatic nitrogens is 1. The Morgan fingerprint density at radius 2 is 2.20 bits per heavy atom. The summed E-state index contributed by atoms with van der Waals surface area (Å²) in [7, 11) is 0. The van der Waals surface area contributed by atoms with Crippen LogP contribution in [0.2, 0.25) is 0 Å². The molecule has 0 aliphatic carbocycles. The van der Waals surface area contributed by atoms with Gasteiger partial charge in [-0.15, -0.1) is 0 Å². The van der Waals surface area contributed by atoms with Crippen LogP contribution in [0.1, 0.15) is 38.2 Å². The smallest absolute Gasteiger partial charge is 0.0964 e. The molecule has 3 nitrogen and oxygen atoms in total. The molecule has 1 aromatic heterocycles. The van der Waals surface area contributed by atoms with E-state index in [9.17, 15) is 5.11 Å². The number of hydrogen-bond donors (Lipinski definition) is 1. The molecule has 0 saturated carbocycles. The van der Waals surface area contributed by atoms with Crippen molar-refractivity contribution in [3.05, 3.63) is 42.2 Å². The van der Waals surface area contributed by atoms with E-state index in [1.54, 1.807) is 0 Å². The van der Waals surface area contributed by atoms with Gasteiger partial charge in [0.15, 0.2) is 0 Å². The van der Waals surface area contributed by atoms with Crippen molar-refractivity contribution in [2.24, 2.45) is 0 Å². The lowest BCUT2D eigenvalue weighted by Gasteiger charge is -2.37. The molecule has 1 aliphatic rings. The fourth-order valence-electron chi connectivity index (χ4n) is 3.17. The lowest BCUT2D eigenvalue weighted by molar-refractivity contribution is -0.109. The maximum Gasteiger partial charge on any atom is 0.0964 e. The molecule has 2 unspecified atom stereocenters. The van der Waals surface area contributed by atoms with Gasteiger partial charge in [-0.05, 0) is 11.8 Å². The second-order valence-corrected chi connectivity index (χ2v) is 5.68. The summed E-state index contributed by atoms with van der Waals surface area (Å²) < 4.78 is 5.77. The van der Waals surface area contributed by atoms with Crippen LogP contribution in [0, 0.1) is 0 Å². The Morgan fingerprint density at radius 1 is 1.35 bits per heavy atom. The normalized spacial score (nSPS) is 26.8. The topological polar surface area (TPSA) is 42.4 Å². The maximum atomic E-state index is 11.1. The first-order valence-corrected chi connectivity index (χ1v) is 7.40. The largest absolute Gasteiger partial charge is 0.385 e. The Morgan fingerprint density at radius 3 is 3.05 bits per heavy atom. The molecule has 1 fully saturated rings. The highest BCUT2D eigenvalue weighted by Gasteiger charge is 2.37. The van der Waals surface area contributed by atoms with Crippen molar-refractivity contribution >= 4 is 10.8 Å². The Labute approximate surface area is 119 Å². The van der Waals surface area contributed by atoms with Gasteiger partial charge >= 0.3 is 0 Å². The number of ether oxygens (including phenoxy) is 1. The number of benzene rings is 1. The van der Waals surface area contributed by atoms with Gasteiger partial charge in [-0.2, -0.15) is 0 Å². The molecule has 1 aliphatic heterocycles. The highest BCUT2D eigenvalue weighted by molar-refractivity contribution is 5.85. The molecule has 0 amide bonds. The Bertz CT molecular complexity index is 591. The second kappa shape index (κ2) is 5.51. The predicted octanol–water partition coefficient (Wildman–Crippen LogP) is 3.40. The summed E-state index contributed by atoms with van der Waals surface area (Å²) in [5, 5.41) is 13.3. The lowest BCUT2D eigenvalue weighted by Crippen LogP contribution is -2.38. The van der Waals surface area contributed by atoms with Gasteiger partial charge in [-0.1, -0.05) is 37.6 Å². The average molecular weight is 271 g/mol. The zero-order valence-corrected chi connectivity index (χ0v) is 11.9. The Hall–Kier alpha value is -1.45. The highest BCUT2D eigenvalue weighted by Crippen LogP contribution is 2.38. The van der Waals surface area contributed by atoms with E-state index in [0.717, 1.165) is 29.2 Å². The number of rotatable bonds is 3. The maximum absolute atomic E-state index is 11.1. The van der Waals surface area contributed by atoms with Crippen LogP contribution in [0.4, 0.5) is 0 Å². The van der Waals surface area contributed by atoms with Gasteiger partial charge in [0, 0.05) is 36.2 Å². The standard InChI is InChI=1S/C17H21NO2/c1-2-5-14-10-17(19,8-9-20-14)16-12-18-11-13-6-3-4-7-15(13)16/h3-4,6-7,11-12,14,19H,2,5,8-10H2,1H3. The molecule has 106 valence electrons. The first-order valence-electron chi connectivity index (χ1n) is 7.40. The van der Waals surface area contributed by atoms with E-state index in [1.165, 1.54) is 0 Å². The summed E-state index contributed by atoms with van der Waals surface area (Å²) in [6.45, 7) is 2.76. The van der Waals surface area contributed by atoms with Crippen LogP contribution >= 0.6 is 0 Å². The molecule has 0 spiro atoms. The van der Waals surface area contributed by atoms with Crippen molar-refractivity contribution in [2.75, 3.05) is 6.61 Å². The zero-order chi connectivity index (χ0) is 14.0. The van der Waals surface area contributed by atoms with Crippen molar-refractivity contribution in [1.82, 2.24) is 4.98 Å². The van der Waals surface area contributed by atoms with Crippen LogP contribution in [0.15, 0.2) is 36.7 Å². The summed E-state index contributed by atoms with van der Waals surface area (Å²) in [5.41, 5.74) is 0.131. The Balaban J connectivity index is 2.00. The van der Waals surface area contributed by atoms with E-state index < -0.39 is 5.60 Å². The molecular formula is C17H21NO2. The van der Waals surface area contributed by atoms with Gasteiger partial charge in [0.25, 0.3) is 0 Å². The van der Waals surface area contributed by atoms with Gasteiger partial charge in [0.1, 0.15) is 0 Å². The summed E-state index contributed by atoms with van der Waals surface area (Å²) in [6, 6.07) is 8.12. The van der Waals surface area contributed by atoms with Gasteiger partial charge in [0.05, 0.1) is 18.3 Å². The highest BCUT2D eigenvalue weighted by atomic mass is 16.5. The van der Waals surface area contributed by atoms with E-state index in [4.69, 9.17) is 4.74 Å². The van der Waals surface area contributed by atoms with Crippen molar-refractivity contribution < 1.29 is 9.84 Å². The molecule has 20 heavy (non-hydrogen) atoms. The van der Waals surface area contributed by atoms with Gasteiger partial charge in [-0.3, -0.25) is 4.98 Å². The molecule has 2 heterocycles. The third-order valence-corrected chi connectivity index (χ3v) is 4.21. The molecule has 2 atom stereocenters. The fourth-order valence-corrected chi connectivity index (χ4v) is 3.17.